The number of anilines is 1. The van der Waals surface area contributed by atoms with Crippen molar-refractivity contribution in [2.24, 2.45) is 0 Å². The number of para-hydroxylation sites is 1. The summed E-state index contributed by atoms with van der Waals surface area (Å²) >= 11 is 0. The van der Waals surface area contributed by atoms with Gasteiger partial charge in [-0.05, 0) is 31.0 Å². The van der Waals surface area contributed by atoms with Crippen LogP contribution >= 0.6 is 0 Å². The van der Waals surface area contributed by atoms with E-state index in [1.165, 1.54) is 22.6 Å². The minimum absolute atomic E-state index is 0.409. The Hall–Kier alpha value is -2.36. The number of nitrogens with one attached hydrogen (secondary N) is 1. The van der Waals surface area contributed by atoms with Crippen LogP contribution < -0.4 is 5.32 Å². The fourth-order valence-electron chi connectivity index (χ4n) is 3.27. The number of fused-ring (bicyclic) bond motifs is 2. The highest BCUT2D eigenvalue weighted by Crippen LogP contribution is 2.31. The quantitative estimate of drug-likeness (QED) is 0.782. The lowest BCUT2D eigenvalue weighted by atomic mass is 9.93. The molecule has 0 saturated carbocycles. The van der Waals surface area contributed by atoms with Crippen LogP contribution in [0.25, 0.3) is 11.0 Å². The Balaban J connectivity index is 1.78. The molecular weight excluding hydrogens is 260 g/mol. The Kier molecular flexibility index (Phi) is 2.88. The Morgan fingerprint density at radius 3 is 3.10 bits per heavy atom. The van der Waals surface area contributed by atoms with Gasteiger partial charge in [-0.1, -0.05) is 18.2 Å². The van der Waals surface area contributed by atoms with E-state index in [2.05, 4.69) is 52.1 Å². The number of imidazole rings is 1. The first-order valence-electron chi connectivity index (χ1n) is 7.48. The van der Waals surface area contributed by atoms with Crippen molar-refractivity contribution in [1.29, 1.82) is 0 Å². The molecule has 4 rings (SSSR count). The zero-order valence-corrected chi connectivity index (χ0v) is 12.1. The lowest BCUT2D eigenvalue weighted by Crippen LogP contribution is -2.24. The number of rotatable bonds is 2. The molecule has 106 valence electrons. The van der Waals surface area contributed by atoms with E-state index in [1.54, 1.807) is 0 Å². The summed E-state index contributed by atoms with van der Waals surface area (Å²) < 4.78 is 2.32. The molecule has 0 spiro atoms. The first-order chi connectivity index (χ1) is 10.4. The van der Waals surface area contributed by atoms with Gasteiger partial charge in [0.2, 0.25) is 0 Å². The SMILES string of the molecule is CCn1c(C2CNc3ccccc3C2)nc2cnccc21. The predicted octanol–water partition coefficient (Wildman–Crippen LogP) is 3.20. The zero-order valence-electron chi connectivity index (χ0n) is 12.1. The average molecular weight is 278 g/mol. The fourth-order valence-corrected chi connectivity index (χ4v) is 3.27. The molecule has 1 aliphatic rings. The molecule has 0 fully saturated rings. The van der Waals surface area contributed by atoms with Crippen molar-refractivity contribution < 1.29 is 0 Å². The van der Waals surface area contributed by atoms with E-state index in [1.807, 2.05) is 12.4 Å². The molecular formula is C17H18N4. The van der Waals surface area contributed by atoms with E-state index >= 15 is 0 Å². The minimum atomic E-state index is 0.409. The van der Waals surface area contributed by atoms with E-state index in [4.69, 9.17) is 4.98 Å². The highest BCUT2D eigenvalue weighted by molar-refractivity contribution is 5.75. The maximum atomic E-state index is 4.84. The van der Waals surface area contributed by atoms with E-state index in [-0.39, 0.29) is 0 Å². The molecule has 1 N–H and O–H groups in total. The van der Waals surface area contributed by atoms with Gasteiger partial charge in [0.15, 0.2) is 0 Å². The van der Waals surface area contributed by atoms with Crippen LogP contribution in [-0.4, -0.2) is 21.1 Å². The summed E-state index contributed by atoms with van der Waals surface area (Å²) in [4.78, 5) is 9.03. The van der Waals surface area contributed by atoms with Gasteiger partial charge in [-0.15, -0.1) is 0 Å². The molecule has 4 nitrogen and oxygen atoms in total. The summed E-state index contributed by atoms with van der Waals surface area (Å²) in [6.45, 7) is 4.05. The van der Waals surface area contributed by atoms with Crippen molar-refractivity contribution in [2.45, 2.75) is 25.8 Å². The lowest BCUT2D eigenvalue weighted by Gasteiger charge is -2.26. The maximum absolute atomic E-state index is 4.84. The molecule has 0 aliphatic carbocycles. The molecule has 1 aliphatic heterocycles. The van der Waals surface area contributed by atoms with Crippen LogP contribution in [0.4, 0.5) is 5.69 Å². The Morgan fingerprint density at radius 2 is 2.19 bits per heavy atom. The smallest absolute Gasteiger partial charge is 0.115 e. The molecule has 4 heteroatoms. The van der Waals surface area contributed by atoms with Crippen LogP contribution in [-0.2, 0) is 13.0 Å². The molecule has 0 amide bonds. The minimum Gasteiger partial charge on any atom is -0.384 e. The highest BCUT2D eigenvalue weighted by Gasteiger charge is 2.24. The van der Waals surface area contributed by atoms with E-state index in [0.717, 1.165) is 25.0 Å². The maximum Gasteiger partial charge on any atom is 0.115 e. The van der Waals surface area contributed by atoms with Crippen LogP contribution in [0.2, 0.25) is 0 Å². The summed E-state index contributed by atoms with van der Waals surface area (Å²) in [5, 5.41) is 3.54. The Morgan fingerprint density at radius 1 is 1.29 bits per heavy atom. The predicted molar refractivity (Wildman–Crippen MR) is 84.6 cm³/mol. The van der Waals surface area contributed by atoms with E-state index in [0.29, 0.717) is 5.92 Å². The van der Waals surface area contributed by atoms with Gasteiger partial charge >= 0.3 is 0 Å². The largest absolute Gasteiger partial charge is 0.384 e. The summed E-state index contributed by atoms with van der Waals surface area (Å²) in [7, 11) is 0. The van der Waals surface area contributed by atoms with Gasteiger partial charge in [-0.2, -0.15) is 0 Å². The first kappa shape index (κ1) is 12.4. The molecule has 2 aromatic heterocycles. The number of nitrogens with zero attached hydrogens (tertiary/aromatic N) is 3. The zero-order chi connectivity index (χ0) is 14.2. The third-order valence-electron chi connectivity index (χ3n) is 4.28. The van der Waals surface area contributed by atoms with Gasteiger partial charge in [0, 0.05) is 30.9 Å². The van der Waals surface area contributed by atoms with Crippen molar-refractivity contribution in [3.05, 3.63) is 54.1 Å². The van der Waals surface area contributed by atoms with Crippen LogP contribution in [0.1, 0.15) is 24.2 Å². The number of aromatic nitrogens is 3. The second-order valence-electron chi connectivity index (χ2n) is 5.52. The molecule has 0 radical (unpaired) electrons. The van der Waals surface area contributed by atoms with Crippen molar-refractivity contribution >= 4 is 16.7 Å². The monoisotopic (exact) mass is 278 g/mol. The third kappa shape index (κ3) is 1.98. The average Bonchev–Trinajstić information content (AvgIpc) is 2.93. The number of aryl methyl sites for hydroxylation is 1. The number of benzene rings is 1. The molecule has 1 atom stereocenters. The molecule has 0 bridgehead atoms. The van der Waals surface area contributed by atoms with Gasteiger partial charge in [-0.25, -0.2) is 4.98 Å². The van der Waals surface area contributed by atoms with Crippen molar-refractivity contribution in [3.63, 3.8) is 0 Å². The molecule has 1 unspecified atom stereocenters. The summed E-state index contributed by atoms with van der Waals surface area (Å²) in [5.41, 5.74) is 4.81. The highest BCUT2D eigenvalue weighted by atomic mass is 15.1. The first-order valence-corrected chi connectivity index (χ1v) is 7.48. The second-order valence-corrected chi connectivity index (χ2v) is 5.52. The van der Waals surface area contributed by atoms with E-state index in [9.17, 15) is 0 Å². The molecule has 21 heavy (non-hydrogen) atoms. The fraction of sp³-hybridized carbons (Fsp3) is 0.294. The Labute approximate surface area is 123 Å². The van der Waals surface area contributed by atoms with Gasteiger partial charge < -0.3 is 9.88 Å². The number of hydrogen-bond acceptors (Lipinski definition) is 3. The topological polar surface area (TPSA) is 42.7 Å². The van der Waals surface area contributed by atoms with Gasteiger partial charge in [0.25, 0.3) is 0 Å². The standard InChI is InChI=1S/C17H18N4/c1-2-21-16-7-8-18-11-15(16)20-17(21)13-9-12-5-3-4-6-14(12)19-10-13/h3-8,11,13,19H,2,9-10H2,1H3. The summed E-state index contributed by atoms with van der Waals surface area (Å²) in [6, 6.07) is 10.6. The van der Waals surface area contributed by atoms with Crippen LogP contribution in [0.5, 0.6) is 0 Å². The second kappa shape index (κ2) is 4.88. The molecule has 1 aromatic carbocycles. The van der Waals surface area contributed by atoms with Crippen molar-refractivity contribution in [3.8, 4) is 0 Å². The van der Waals surface area contributed by atoms with Crippen LogP contribution in [0.3, 0.4) is 0 Å². The van der Waals surface area contributed by atoms with E-state index < -0.39 is 0 Å². The number of hydrogen-bond donors (Lipinski definition) is 1. The van der Waals surface area contributed by atoms with Crippen molar-refractivity contribution in [2.75, 3.05) is 11.9 Å². The van der Waals surface area contributed by atoms with Crippen LogP contribution in [0, 0.1) is 0 Å². The lowest BCUT2D eigenvalue weighted by molar-refractivity contribution is 0.599. The van der Waals surface area contributed by atoms with Gasteiger partial charge in [-0.3, -0.25) is 4.98 Å². The van der Waals surface area contributed by atoms with Crippen molar-refractivity contribution in [1.82, 2.24) is 14.5 Å². The molecule has 3 aromatic rings. The molecule has 0 saturated heterocycles. The normalized spacial score (nSPS) is 17.5. The van der Waals surface area contributed by atoms with Crippen LogP contribution in [0.15, 0.2) is 42.7 Å². The number of pyridine rings is 1. The van der Waals surface area contributed by atoms with Gasteiger partial charge in [0.05, 0.1) is 11.7 Å². The van der Waals surface area contributed by atoms with Gasteiger partial charge in [0.1, 0.15) is 11.3 Å². The third-order valence-corrected chi connectivity index (χ3v) is 4.28. The summed E-state index contributed by atoms with van der Waals surface area (Å²) in [6.07, 6.45) is 4.74. The molecule has 3 heterocycles. The summed E-state index contributed by atoms with van der Waals surface area (Å²) in [5.74, 6) is 1.58. The Bertz CT molecular complexity index is 790.